The van der Waals surface area contributed by atoms with Gasteiger partial charge in [-0.25, -0.2) is 0 Å². The van der Waals surface area contributed by atoms with Crippen LogP contribution in [-0.4, -0.2) is 16.7 Å². The Kier molecular flexibility index (Phi) is 3.24. The van der Waals surface area contributed by atoms with Crippen molar-refractivity contribution in [3.63, 3.8) is 0 Å². The summed E-state index contributed by atoms with van der Waals surface area (Å²) in [6.07, 6.45) is 3.59. The normalized spacial score (nSPS) is 16.6. The molecule has 0 aromatic carbocycles. The third kappa shape index (κ3) is 2.43. The Morgan fingerprint density at radius 3 is 2.53 bits per heavy atom. The molecule has 0 radical (unpaired) electrons. The number of rotatable bonds is 2. The van der Waals surface area contributed by atoms with E-state index in [0.29, 0.717) is 12.0 Å². The number of carbonyl (C=O) groups is 2. The lowest BCUT2D eigenvalue weighted by atomic mass is 9.94. The van der Waals surface area contributed by atoms with Crippen LogP contribution in [0.5, 0.6) is 0 Å². The van der Waals surface area contributed by atoms with Crippen LogP contribution in [0.2, 0.25) is 0 Å². The summed E-state index contributed by atoms with van der Waals surface area (Å²) in [6, 6.07) is 0. The summed E-state index contributed by atoms with van der Waals surface area (Å²) in [5, 5.41) is 9.65. The van der Waals surface area contributed by atoms with Crippen molar-refractivity contribution in [2.45, 2.75) is 27.2 Å². The number of hydrogen-bond donors (Lipinski definition) is 1. The summed E-state index contributed by atoms with van der Waals surface area (Å²) in [4.78, 5) is 22.4. The van der Waals surface area contributed by atoms with Crippen molar-refractivity contribution in [1.82, 2.24) is 0 Å². The number of aliphatic hydroxyl groups is 1. The van der Waals surface area contributed by atoms with Crippen LogP contribution in [0.1, 0.15) is 27.2 Å². The first kappa shape index (κ1) is 11.4. The number of Topliss-reactive ketones (excluding diaryl/α,β-unsaturated/α-hetero) is 1. The van der Waals surface area contributed by atoms with E-state index in [1.54, 1.807) is 0 Å². The third-order valence-electron chi connectivity index (χ3n) is 2.26. The highest BCUT2D eigenvalue weighted by Gasteiger charge is 2.24. The molecule has 0 aromatic rings. The minimum Gasteiger partial charge on any atom is -0.507 e. The van der Waals surface area contributed by atoms with Crippen LogP contribution in [-0.2, 0) is 9.59 Å². The maximum atomic E-state index is 11.2. The van der Waals surface area contributed by atoms with Crippen LogP contribution in [0.4, 0.5) is 0 Å². The molecule has 0 spiro atoms. The average molecular weight is 206 g/mol. The van der Waals surface area contributed by atoms with Gasteiger partial charge < -0.3 is 5.11 Å². The first-order valence-electron chi connectivity index (χ1n) is 4.76. The van der Waals surface area contributed by atoms with E-state index >= 15 is 0 Å². The van der Waals surface area contributed by atoms with E-state index in [-0.39, 0.29) is 11.3 Å². The molecule has 0 heterocycles. The smallest absolute Gasteiger partial charge is 0.232 e. The molecule has 0 fully saturated rings. The van der Waals surface area contributed by atoms with Gasteiger partial charge in [-0.2, -0.15) is 0 Å². The molecule has 15 heavy (non-hydrogen) atoms. The van der Waals surface area contributed by atoms with Gasteiger partial charge in [0.15, 0.2) is 0 Å². The summed E-state index contributed by atoms with van der Waals surface area (Å²) in [5.74, 6) is -1.23. The maximum Gasteiger partial charge on any atom is 0.232 e. The highest BCUT2D eigenvalue weighted by Crippen LogP contribution is 2.22. The number of aliphatic hydroxyl groups excluding tert-OH is 1. The molecule has 0 aliphatic heterocycles. The zero-order chi connectivity index (χ0) is 11.6. The molecule has 1 N–H and O–H groups in total. The lowest BCUT2D eigenvalue weighted by molar-refractivity contribution is -0.131. The molecule has 0 saturated carbocycles. The molecule has 3 nitrogen and oxygen atoms in total. The zero-order valence-corrected chi connectivity index (χ0v) is 9.13. The third-order valence-corrected chi connectivity index (χ3v) is 2.26. The van der Waals surface area contributed by atoms with E-state index in [0.717, 1.165) is 5.57 Å². The van der Waals surface area contributed by atoms with Crippen LogP contribution in [0.25, 0.3) is 0 Å². The van der Waals surface area contributed by atoms with Crippen LogP contribution in [0, 0.1) is 0 Å². The van der Waals surface area contributed by atoms with E-state index in [2.05, 4.69) is 0 Å². The maximum absolute atomic E-state index is 11.2. The van der Waals surface area contributed by atoms with Crippen molar-refractivity contribution in [2.75, 3.05) is 0 Å². The molecule has 0 atom stereocenters. The number of hydrogen-bond acceptors (Lipinski definition) is 3. The lowest BCUT2D eigenvalue weighted by Gasteiger charge is -2.12. The monoisotopic (exact) mass is 206 g/mol. The molecular weight excluding hydrogens is 192 g/mol. The van der Waals surface area contributed by atoms with Crippen LogP contribution >= 0.6 is 0 Å². The lowest BCUT2D eigenvalue weighted by Crippen LogP contribution is -2.19. The van der Waals surface area contributed by atoms with Gasteiger partial charge in [0, 0.05) is 11.1 Å². The number of carbonyl (C=O) groups excluding carboxylic acids is 2. The predicted octanol–water partition coefficient (Wildman–Crippen LogP) is 2.25. The van der Waals surface area contributed by atoms with Crippen molar-refractivity contribution in [3.05, 3.63) is 34.6 Å². The Hall–Kier alpha value is -1.64. The van der Waals surface area contributed by atoms with Crippen molar-refractivity contribution in [3.8, 4) is 0 Å². The first-order valence-corrected chi connectivity index (χ1v) is 4.76. The molecule has 1 aliphatic carbocycles. The van der Waals surface area contributed by atoms with Crippen molar-refractivity contribution in [2.24, 2.45) is 0 Å². The van der Waals surface area contributed by atoms with Crippen molar-refractivity contribution < 1.29 is 14.7 Å². The van der Waals surface area contributed by atoms with Gasteiger partial charge in [-0.3, -0.25) is 9.59 Å². The van der Waals surface area contributed by atoms with Gasteiger partial charge in [-0.05, 0) is 33.3 Å². The van der Waals surface area contributed by atoms with E-state index in [4.69, 9.17) is 0 Å². The molecule has 0 aromatic heterocycles. The minimum absolute atomic E-state index is 0.0582. The Balaban J connectivity index is 3.01. The number of ketones is 2. The molecule has 0 unspecified atom stereocenters. The molecule has 80 valence electrons. The molecule has 1 rings (SSSR count). The Morgan fingerprint density at radius 2 is 2.00 bits per heavy atom. The highest BCUT2D eigenvalue weighted by atomic mass is 16.3. The van der Waals surface area contributed by atoms with E-state index < -0.39 is 11.6 Å². The van der Waals surface area contributed by atoms with E-state index in [1.807, 2.05) is 19.9 Å². The zero-order valence-electron chi connectivity index (χ0n) is 9.13. The van der Waals surface area contributed by atoms with Gasteiger partial charge in [0.25, 0.3) is 0 Å². The van der Waals surface area contributed by atoms with Gasteiger partial charge in [0.1, 0.15) is 5.76 Å². The Labute approximate surface area is 88.8 Å². The molecule has 0 bridgehead atoms. The summed E-state index contributed by atoms with van der Waals surface area (Å²) < 4.78 is 0. The number of allylic oxidation sites excluding steroid dienone is 5. The SMILES string of the molecule is CC(C)=CCC1=CC(=O)C(=O)C(C)=C1O. The standard InChI is InChI=1S/C12H14O3/c1-7(2)4-5-9-6-10(13)12(15)8(3)11(9)14/h4,6,14H,5H2,1-3H3. The predicted molar refractivity (Wildman–Crippen MR) is 57.5 cm³/mol. The fourth-order valence-corrected chi connectivity index (χ4v) is 1.30. The van der Waals surface area contributed by atoms with Crippen LogP contribution < -0.4 is 0 Å². The Bertz CT molecular complexity index is 405. The first-order chi connectivity index (χ1) is 6.93. The highest BCUT2D eigenvalue weighted by molar-refractivity contribution is 6.48. The second-order valence-electron chi connectivity index (χ2n) is 3.82. The summed E-state index contributed by atoms with van der Waals surface area (Å²) in [5.41, 5.74) is 1.75. The largest absolute Gasteiger partial charge is 0.507 e. The second-order valence-corrected chi connectivity index (χ2v) is 3.82. The average Bonchev–Trinajstić information content (AvgIpc) is 2.18. The molecular formula is C12H14O3. The molecule has 0 amide bonds. The van der Waals surface area contributed by atoms with Crippen molar-refractivity contribution in [1.29, 1.82) is 0 Å². The molecule has 3 heteroatoms. The van der Waals surface area contributed by atoms with Gasteiger partial charge in [-0.15, -0.1) is 0 Å². The van der Waals surface area contributed by atoms with E-state index in [9.17, 15) is 14.7 Å². The second kappa shape index (κ2) is 4.26. The van der Waals surface area contributed by atoms with Gasteiger partial charge in [0.2, 0.25) is 11.6 Å². The van der Waals surface area contributed by atoms with Gasteiger partial charge >= 0.3 is 0 Å². The topological polar surface area (TPSA) is 54.4 Å². The van der Waals surface area contributed by atoms with Crippen LogP contribution in [0.3, 0.4) is 0 Å². The van der Waals surface area contributed by atoms with Gasteiger partial charge in [-0.1, -0.05) is 11.6 Å². The summed E-state index contributed by atoms with van der Waals surface area (Å²) in [6.45, 7) is 5.33. The molecule has 0 saturated heterocycles. The van der Waals surface area contributed by atoms with Crippen LogP contribution in [0.15, 0.2) is 34.6 Å². The van der Waals surface area contributed by atoms with E-state index in [1.165, 1.54) is 13.0 Å². The fraction of sp³-hybridized carbons (Fsp3) is 0.333. The fourth-order valence-electron chi connectivity index (χ4n) is 1.30. The quantitative estimate of drug-likeness (QED) is 0.428. The Morgan fingerprint density at radius 1 is 1.40 bits per heavy atom. The summed E-state index contributed by atoms with van der Waals surface area (Å²) >= 11 is 0. The minimum atomic E-state index is -0.617. The van der Waals surface area contributed by atoms with Gasteiger partial charge in [0.05, 0.1) is 0 Å². The summed E-state index contributed by atoms with van der Waals surface area (Å²) in [7, 11) is 0. The molecule has 1 aliphatic rings. The van der Waals surface area contributed by atoms with Crippen molar-refractivity contribution >= 4 is 11.6 Å².